The molecule has 30 heavy (non-hydrogen) atoms. The number of benzene rings is 1. The molecule has 2 amide bonds. The fraction of sp³-hybridized carbons (Fsp3) is 0.591. The van der Waals surface area contributed by atoms with Gasteiger partial charge in [-0.2, -0.15) is 0 Å². The molecule has 0 spiro atoms. The molecule has 8 heteroatoms. The molecule has 1 N–H and O–H groups in total. The number of hydrogen-bond donors (Lipinski definition) is 1. The van der Waals surface area contributed by atoms with Crippen molar-refractivity contribution in [2.24, 2.45) is 0 Å². The highest BCUT2D eigenvalue weighted by molar-refractivity contribution is 6.30. The molecule has 0 aliphatic carbocycles. The van der Waals surface area contributed by atoms with Gasteiger partial charge in [0.05, 0.1) is 18.7 Å². The standard InChI is InChI=1S/C22H30ClN5O2/c1-16-25-26-21(28(16)15-17-7-9-18(23)10-8-17)20-6-4-13-27(20)22(29)24-12-11-19-5-2-3-14-30-19/h7-10,19-20H,2-6,11-15H2,1H3,(H,24,29). The molecule has 2 saturated heterocycles. The first-order valence-corrected chi connectivity index (χ1v) is 11.3. The number of carbonyl (C=O) groups excluding carboxylic acids is 1. The summed E-state index contributed by atoms with van der Waals surface area (Å²) in [5.41, 5.74) is 1.13. The number of likely N-dealkylation sites (tertiary alicyclic amines) is 1. The first kappa shape index (κ1) is 21.1. The molecule has 2 aliphatic rings. The van der Waals surface area contributed by atoms with Crippen molar-refractivity contribution in [1.29, 1.82) is 0 Å². The number of carbonyl (C=O) groups is 1. The van der Waals surface area contributed by atoms with E-state index in [-0.39, 0.29) is 18.2 Å². The molecule has 1 aromatic heterocycles. The van der Waals surface area contributed by atoms with Crippen LogP contribution in [0.5, 0.6) is 0 Å². The molecule has 2 aromatic rings. The molecule has 0 saturated carbocycles. The van der Waals surface area contributed by atoms with Gasteiger partial charge in [0.15, 0.2) is 5.82 Å². The molecular formula is C22H30ClN5O2. The van der Waals surface area contributed by atoms with Gasteiger partial charge in [0.2, 0.25) is 0 Å². The van der Waals surface area contributed by atoms with Crippen LogP contribution in [0, 0.1) is 6.92 Å². The fourth-order valence-electron chi connectivity index (χ4n) is 4.37. The van der Waals surface area contributed by atoms with Gasteiger partial charge in [-0.3, -0.25) is 0 Å². The van der Waals surface area contributed by atoms with E-state index < -0.39 is 0 Å². The maximum Gasteiger partial charge on any atom is 0.318 e. The Morgan fingerprint density at radius 2 is 2.03 bits per heavy atom. The summed E-state index contributed by atoms with van der Waals surface area (Å²) in [4.78, 5) is 14.8. The Morgan fingerprint density at radius 3 is 2.80 bits per heavy atom. The number of urea groups is 1. The van der Waals surface area contributed by atoms with Gasteiger partial charge >= 0.3 is 6.03 Å². The second-order valence-electron chi connectivity index (χ2n) is 8.18. The number of aryl methyl sites for hydroxylation is 1. The zero-order chi connectivity index (χ0) is 20.9. The minimum Gasteiger partial charge on any atom is -0.378 e. The normalized spacial score (nSPS) is 21.7. The van der Waals surface area contributed by atoms with E-state index in [4.69, 9.17) is 16.3 Å². The van der Waals surface area contributed by atoms with E-state index in [0.29, 0.717) is 13.1 Å². The van der Waals surface area contributed by atoms with Gasteiger partial charge in [0.25, 0.3) is 0 Å². The molecule has 2 unspecified atom stereocenters. The first-order valence-electron chi connectivity index (χ1n) is 10.9. The lowest BCUT2D eigenvalue weighted by molar-refractivity contribution is 0.0118. The van der Waals surface area contributed by atoms with Gasteiger partial charge in [-0.05, 0) is 63.1 Å². The Bertz CT molecular complexity index is 848. The minimum atomic E-state index is -0.0515. The molecule has 0 radical (unpaired) electrons. The summed E-state index contributed by atoms with van der Waals surface area (Å²) >= 11 is 6.01. The quantitative estimate of drug-likeness (QED) is 0.747. The lowest BCUT2D eigenvalue weighted by Crippen LogP contribution is -2.41. The lowest BCUT2D eigenvalue weighted by atomic mass is 10.1. The number of halogens is 1. The van der Waals surface area contributed by atoms with Crippen molar-refractivity contribution < 1.29 is 9.53 Å². The second-order valence-corrected chi connectivity index (χ2v) is 8.62. The summed E-state index contributed by atoms with van der Waals surface area (Å²) in [6, 6.07) is 7.73. The van der Waals surface area contributed by atoms with Crippen LogP contribution in [0.25, 0.3) is 0 Å². The van der Waals surface area contributed by atoms with Crippen LogP contribution in [0.15, 0.2) is 24.3 Å². The first-order chi connectivity index (χ1) is 14.6. The van der Waals surface area contributed by atoms with E-state index >= 15 is 0 Å². The Kier molecular flexibility index (Phi) is 6.89. The maximum atomic E-state index is 12.9. The predicted molar refractivity (Wildman–Crippen MR) is 116 cm³/mol. The van der Waals surface area contributed by atoms with Crippen LogP contribution in [0.4, 0.5) is 4.79 Å². The summed E-state index contributed by atoms with van der Waals surface area (Å²) in [6.07, 6.45) is 6.47. The molecule has 0 bridgehead atoms. The summed E-state index contributed by atoms with van der Waals surface area (Å²) in [6.45, 7) is 4.84. The third-order valence-electron chi connectivity index (χ3n) is 6.05. The Balaban J connectivity index is 1.40. The highest BCUT2D eigenvalue weighted by Crippen LogP contribution is 2.31. The highest BCUT2D eigenvalue weighted by Gasteiger charge is 2.34. The van der Waals surface area contributed by atoms with Crippen molar-refractivity contribution in [3.05, 3.63) is 46.5 Å². The van der Waals surface area contributed by atoms with Gasteiger partial charge < -0.3 is 19.5 Å². The maximum absolute atomic E-state index is 12.9. The van der Waals surface area contributed by atoms with Crippen LogP contribution in [-0.2, 0) is 11.3 Å². The van der Waals surface area contributed by atoms with E-state index in [2.05, 4.69) is 20.1 Å². The van der Waals surface area contributed by atoms with E-state index in [9.17, 15) is 4.79 Å². The molecule has 2 atom stereocenters. The molecule has 2 fully saturated rings. The smallest absolute Gasteiger partial charge is 0.318 e. The van der Waals surface area contributed by atoms with Crippen LogP contribution in [0.1, 0.15) is 61.8 Å². The predicted octanol–water partition coefficient (Wildman–Crippen LogP) is 4.09. The van der Waals surface area contributed by atoms with Gasteiger partial charge in [-0.1, -0.05) is 23.7 Å². The third-order valence-corrected chi connectivity index (χ3v) is 6.30. The van der Waals surface area contributed by atoms with Crippen molar-refractivity contribution in [3.8, 4) is 0 Å². The molecule has 4 rings (SSSR count). The Hall–Kier alpha value is -2.12. The summed E-state index contributed by atoms with van der Waals surface area (Å²) in [5.74, 6) is 1.70. The van der Waals surface area contributed by atoms with Crippen molar-refractivity contribution in [2.75, 3.05) is 19.7 Å². The number of aromatic nitrogens is 3. The third kappa shape index (κ3) is 4.95. The van der Waals surface area contributed by atoms with Gasteiger partial charge in [-0.15, -0.1) is 10.2 Å². The van der Waals surface area contributed by atoms with Crippen molar-refractivity contribution in [1.82, 2.24) is 25.0 Å². The number of ether oxygens (including phenoxy) is 1. The average Bonchev–Trinajstić information content (AvgIpc) is 3.37. The van der Waals surface area contributed by atoms with Gasteiger partial charge in [0.1, 0.15) is 5.82 Å². The number of nitrogens with zero attached hydrogens (tertiary/aromatic N) is 4. The van der Waals surface area contributed by atoms with Crippen LogP contribution >= 0.6 is 11.6 Å². The van der Waals surface area contributed by atoms with E-state index in [1.54, 1.807) is 0 Å². The number of rotatable bonds is 6. The van der Waals surface area contributed by atoms with Gasteiger partial charge in [0, 0.05) is 24.7 Å². The molecule has 1 aromatic carbocycles. The SMILES string of the molecule is Cc1nnc(C2CCCN2C(=O)NCCC2CCCCO2)n1Cc1ccc(Cl)cc1. The van der Waals surface area contributed by atoms with Crippen LogP contribution in [-0.4, -0.2) is 51.5 Å². The van der Waals surface area contributed by atoms with Crippen LogP contribution in [0.3, 0.4) is 0 Å². The van der Waals surface area contributed by atoms with Crippen molar-refractivity contribution >= 4 is 17.6 Å². The highest BCUT2D eigenvalue weighted by atomic mass is 35.5. The van der Waals surface area contributed by atoms with Crippen LogP contribution < -0.4 is 5.32 Å². The molecule has 162 valence electrons. The van der Waals surface area contributed by atoms with Crippen molar-refractivity contribution in [3.63, 3.8) is 0 Å². The molecule has 2 aliphatic heterocycles. The minimum absolute atomic E-state index is 0.0213. The van der Waals surface area contributed by atoms with E-state index in [0.717, 1.165) is 67.5 Å². The average molecular weight is 432 g/mol. The Morgan fingerprint density at radius 1 is 1.20 bits per heavy atom. The number of nitrogens with one attached hydrogen (secondary N) is 1. The lowest BCUT2D eigenvalue weighted by Gasteiger charge is -2.26. The number of amides is 2. The molecular weight excluding hydrogens is 402 g/mol. The summed E-state index contributed by atoms with van der Waals surface area (Å²) in [5, 5.41) is 12.6. The van der Waals surface area contributed by atoms with Gasteiger partial charge in [-0.25, -0.2) is 4.79 Å². The van der Waals surface area contributed by atoms with Crippen molar-refractivity contribution in [2.45, 2.75) is 64.1 Å². The monoisotopic (exact) mass is 431 g/mol. The zero-order valence-corrected chi connectivity index (χ0v) is 18.3. The number of hydrogen-bond acceptors (Lipinski definition) is 4. The second kappa shape index (κ2) is 9.79. The van der Waals surface area contributed by atoms with E-state index in [1.165, 1.54) is 6.42 Å². The molecule has 7 nitrogen and oxygen atoms in total. The van der Waals surface area contributed by atoms with E-state index in [1.807, 2.05) is 36.1 Å². The zero-order valence-electron chi connectivity index (χ0n) is 17.5. The van der Waals surface area contributed by atoms with Crippen LogP contribution in [0.2, 0.25) is 5.02 Å². The largest absolute Gasteiger partial charge is 0.378 e. The summed E-state index contributed by atoms with van der Waals surface area (Å²) < 4.78 is 7.87. The summed E-state index contributed by atoms with van der Waals surface area (Å²) in [7, 11) is 0. The fourth-order valence-corrected chi connectivity index (χ4v) is 4.49. The Labute approximate surface area is 182 Å². The molecule has 3 heterocycles. The topological polar surface area (TPSA) is 72.3 Å².